The van der Waals surface area contributed by atoms with E-state index in [4.69, 9.17) is 5.26 Å². The van der Waals surface area contributed by atoms with Crippen LogP contribution in [0, 0.1) is 11.3 Å². The van der Waals surface area contributed by atoms with Gasteiger partial charge in [0.2, 0.25) is 5.91 Å². The first-order valence-electron chi connectivity index (χ1n) is 9.39. The fourth-order valence-corrected chi connectivity index (χ4v) is 3.28. The van der Waals surface area contributed by atoms with E-state index in [1.54, 1.807) is 31.2 Å². The smallest absolute Gasteiger partial charge is 0.325 e. The molecule has 1 aliphatic rings. The predicted octanol–water partition coefficient (Wildman–Crippen LogP) is 2.07. The van der Waals surface area contributed by atoms with Crippen LogP contribution in [0.25, 0.3) is 0 Å². The highest BCUT2D eigenvalue weighted by Gasteiger charge is 2.49. The molecule has 0 aromatic heterocycles. The Morgan fingerprint density at radius 2 is 1.83 bits per heavy atom. The summed E-state index contributed by atoms with van der Waals surface area (Å²) in [5.41, 5.74) is 0.939. The molecule has 0 bridgehead atoms. The van der Waals surface area contributed by atoms with Gasteiger partial charge in [-0.15, -0.1) is 0 Å². The van der Waals surface area contributed by atoms with Crippen LogP contribution in [-0.4, -0.2) is 35.8 Å². The third kappa shape index (κ3) is 4.43. The number of aryl methyl sites for hydroxylation is 1. The van der Waals surface area contributed by atoms with Gasteiger partial charge in [-0.3, -0.25) is 14.5 Å². The molecule has 1 atom stereocenters. The summed E-state index contributed by atoms with van der Waals surface area (Å²) < 4.78 is 0. The van der Waals surface area contributed by atoms with Gasteiger partial charge in [-0.25, -0.2) is 4.79 Å². The third-order valence-corrected chi connectivity index (χ3v) is 4.98. The first-order valence-corrected chi connectivity index (χ1v) is 9.39. The van der Waals surface area contributed by atoms with Crippen LogP contribution >= 0.6 is 0 Å². The molecule has 1 aliphatic heterocycles. The minimum absolute atomic E-state index is 0.331. The van der Waals surface area contributed by atoms with Gasteiger partial charge in [0.1, 0.15) is 12.1 Å². The van der Waals surface area contributed by atoms with Crippen LogP contribution in [0.4, 0.5) is 4.79 Å². The second-order valence-electron chi connectivity index (χ2n) is 7.07. The summed E-state index contributed by atoms with van der Waals surface area (Å²) in [6.45, 7) is 1.72. The molecule has 0 saturated carbocycles. The van der Waals surface area contributed by atoms with Gasteiger partial charge in [0.25, 0.3) is 5.91 Å². The molecular weight excluding hydrogens is 368 g/mol. The number of amides is 4. The van der Waals surface area contributed by atoms with E-state index in [2.05, 4.69) is 10.6 Å². The molecule has 2 aromatic rings. The van der Waals surface area contributed by atoms with E-state index >= 15 is 0 Å². The first kappa shape index (κ1) is 20.1. The minimum atomic E-state index is -1.27. The van der Waals surface area contributed by atoms with Gasteiger partial charge in [-0.2, -0.15) is 5.26 Å². The first-order chi connectivity index (χ1) is 13.9. The molecule has 7 nitrogen and oxygen atoms in total. The second-order valence-corrected chi connectivity index (χ2v) is 7.07. The van der Waals surface area contributed by atoms with Crippen molar-refractivity contribution in [2.45, 2.75) is 25.3 Å². The molecule has 148 valence electrons. The topological polar surface area (TPSA) is 102 Å². The number of benzene rings is 2. The zero-order valence-electron chi connectivity index (χ0n) is 16.1. The predicted molar refractivity (Wildman–Crippen MR) is 107 cm³/mol. The largest absolute Gasteiger partial charge is 0.355 e. The molecule has 0 spiro atoms. The number of urea groups is 1. The Labute approximate surface area is 169 Å². The number of carbonyl (C=O) groups is 3. The van der Waals surface area contributed by atoms with Gasteiger partial charge in [0, 0.05) is 6.54 Å². The molecule has 0 radical (unpaired) electrons. The van der Waals surface area contributed by atoms with Crippen molar-refractivity contribution in [1.82, 2.24) is 15.5 Å². The molecule has 2 aromatic carbocycles. The maximum atomic E-state index is 12.8. The number of rotatable bonds is 7. The highest BCUT2D eigenvalue weighted by atomic mass is 16.2. The third-order valence-electron chi connectivity index (χ3n) is 4.98. The SMILES string of the molecule is CC1(c2ccc(C#N)cc2)NC(=O)N(CC(=O)NCCCc2ccccc2)C1=O. The lowest BCUT2D eigenvalue weighted by Crippen LogP contribution is -2.43. The number of imide groups is 1. The van der Waals surface area contributed by atoms with Crippen LogP contribution in [0.1, 0.15) is 30.0 Å². The van der Waals surface area contributed by atoms with E-state index in [0.29, 0.717) is 17.7 Å². The molecule has 7 heteroatoms. The minimum Gasteiger partial charge on any atom is -0.355 e. The van der Waals surface area contributed by atoms with Gasteiger partial charge in [0.15, 0.2) is 0 Å². The van der Waals surface area contributed by atoms with Crippen molar-refractivity contribution in [1.29, 1.82) is 5.26 Å². The molecule has 3 rings (SSSR count). The van der Waals surface area contributed by atoms with Gasteiger partial charge < -0.3 is 10.6 Å². The Hall–Kier alpha value is -3.66. The lowest BCUT2D eigenvalue weighted by molar-refractivity contribution is -0.134. The maximum Gasteiger partial charge on any atom is 0.325 e. The molecule has 0 aliphatic carbocycles. The number of nitriles is 1. The van der Waals surface area contributed by atoms with E-state index in [1.807, 2.05) is 36.4 Å². The average Bonchev–Trinajstić information content (AvgIpc) is 2.96. The molecule has 1 saturated heterocycles. The van der Waals surface area contributed by atoms with Crippen molar-refractivity contribution < 1.29 is 14.4 Å². The molecule has 1 fully saturated rings. The Kier molecular flexibility index (Phi) is 5.93. The Morgan fingerprint density at radius 1 is 1.14 bits per heavy atom. The molecular formula is C22H22N4O3. The van der Waals surface area contributed by atoms with E-state index in [9.17, 15) is 14.4 Å². The van der Waals surface area contributed by atoms with Gasteiger partial charge in [-0.1, -0.05) is 42.5 Å². The number of nitrogens with one attached hydrogen (secondary N) is 2. The van der Waals surface area contributed by atoms with Crippen LogP contribution in [0.5, 0.6) is 0 Å². The summed E-state index contributed by atoms with van der Waals surface area (Å²) in [5.74, 6) is -0.878. The Morgan fingerprint density at radius 3 is 2.48 bits per heavy atom. The standard InChI is InChI=1S/C22H22N4O3/c1-22(18-11-9-17(14-23)10-12-18)20(28)26(21(29)25-22)15-19(27)24-13-5-8-16-6-3-2-4-7-16/h2-4,6-7,9-12H,5,8,13,15H2,1H3,(H,24,27)(H,25,29). The fraction of sp³-hybridized carbons (Fsp3) is 0.273. The van der Waals surface area contributed by atoms with Crippen molar-refractivity contribution in [2.24, 2.45) is 0 Å². The number of hydrogen-bond acceptors (Lipinski definition) is 4. The zero-order chi connectivity index (χ0) is 20.9. The van der Waals surface area contributed by atoms with Crippen LogP contribution in [0.3, 0.4) is 0 Å². The highest BCUT2D eigenvalue weighted by molar-refractivity contribution is 6.09. The van der Waals surface area contributed by atoms with Crippen molar-refractivity contribution in [3.63, 3.8) is 0 Å². The number of nitrogens with zero attached hydrogens (tertiary/aromatic N) is 2. The molecule has 29 heavy (non-hydrogen) atoms. The summed E-state index contributed by atoms with van der Waals surface area (Å²) in [6.07, 6.45) is 1.60. The lowest BCUT2D eigenvalue weighted by Gasteiger charge is -2.22. The van der Waals surface area contributed by atoms with E-state index in [0.717, 1.165) is 17.7 Å². The summed E-state index contributed by atoms with van der Waals surface area (Å²) in [6, 6.07) is 17.8. The monoisotopic (exact) mass is 390 g/mol. The summed E-state index contributed by atoms with van der Waals surface area (Å²) in [5, 5.41) is 14.3. The Bertz CT molecular complexity index is 950. The highest BCUT2D eigenvalue weighted by Crippen LogP contribution is 2.28. The van der Waals surface area contributed by atoms with E-state index < -0.39 is 17.5 Å². The number of carbonyl (C=O) groups excluding carboxylic acids is 3. The van der Waals surface area contributed by atoms with Crippen molar-refractivity contribution in [2.75, 3.05) is 13.1 Å². The van der Waals surface area contributed by atoms with Gasteiger partial charge in [0.05, 0.1) is 11.6 Å². The second kappa shape index (κ2) is 8.57. The summed E-state index contributed by atoms with van der Waals surface area (Å²) in [4.78, 5) is 38.3. The maximum absolute atomic E-state index is 12.8. The van der Waals surface area contributed by atoms with Crippen LogP contribution in [-0.2, 0) is 21.5 Å². The van der Waals surface area contributed by atoms with E-state index in [-0.39, 0.29) is 12.5 Å². The fourth-order valence-electron chi connectivity index (χ4n) is 3.28. The molecule has 1 heterocycles. The van der Waals surface area contributed by atoms with Crippen LogP contribution in [0.15, 0.2) is 54.6 Å². The molecule has 2 N–H and O–H groups in total. The number of hydrogen-bond donors (Lipinski definition) is 2. The normalized spacial score (nSPS) is 18.3. The van der Waals surface area contributed by atoms with Crippen LogP contribution < -0.4 is 10.6 Å². The van der Waals surface area contributed by atoms with Crippen molar-refractivity contribution in [3.05, 3.63) is 71.3 Å². The van der Waals surface area contributed by atoms with Crippen molar-refractivity contribution in [3.8, 4) is 6.07 Å². The summed E-state index contributed by atoms with van der Waals surface area (Å²) in [7, 11) is 0. The van der Waals surface area contributed by atoms with Crippen LogP contribution in [0.2, 0.25) is 0 Å². The quantitative estimate of drug-likeness (QED) is 0.558. The lowest BCUT2D eigenvalue weighted by atomic mass is 9.91. The average molecular weight is 390 g/mol. The molecule has 4 amide bonds. The summed E-state index contributed by atoms with van der Waals surface area (Å²) >= 11 is 0. The van der Waals surface area contributed by atoms with Crippen molar-refractivity contribution >= 4 is 17.8 Å². The zero-order valence-corrected chi connectivity index (χ0v) is 16.1. The van der Waals surface area contributed by atoms with Gasteiger partial charge in [-0.05, 0) is 43.0 Å². The molecule has 1 unspecified atom stereocenters. The van der Waals surface area contributed by atoms with Gasteiger partial charge >= 0.3 is 6.03 Å². The Balaban J connectivity index is 1.55. The van der Waals surface area contributed by atoms with E-state index in [1.165, 1.54) is 5.56 Å².